The number of thiophene rings is 1. The Kier molecular flexibility index (Phi) is 4.77. The molecule has 0 aromatic carbocycles. The number of amides is 1. The van der Waals surface area contributed by atoms with Crippen molar-refractivity contribution in [1.82, 2.24) is 5.32 Å². The van der Waals surface area contributed by atoms with E-state index >= 15 is 0 Å². The molecule has 0 spiro atoms. The van der Waals surface area contributed by atoms with Gasteiger partial charge >= 0.3 is 0 Å². The maximum atomic E-state index is 11.9. The zero-order valence-electron chi connectivity index (χ0n) is 9.55. The highest BCUT2D eigenvalue weighted by Crippen LogP contribution is 2.22. The maximum absolute atomic E-state index is 11.9. The molecule has 0 fully saturated rings. The third kappa shape index (κ3) is 2.97. The number of rotatable bonds is 5. The molecule has 0 aliphatic rings. The van der Waals surface area contributed by atoms with E-state index in [1.807, 2.05) is 13.8 Å². The van der Waals surface area contributed by atoms with Gasteiger partial charge in [-0.25, -0.2) is 0 Å². The van der Waals surface area contributed by atoms with Crippen LogP contribution in [0.15, 0.2) is 12.1 Å². The molecular formula is C11H17ClN2OS. The average Bonchev–Trinajstić information content (AvgIpc) is 2.73. The Hall–Kier alpha value is -0.580. The van der Waals surface area contributed by atoms with Crippen LogP contribution < -0.4 is 11.1 Å². The zero-order valence-corrected chi connectivity index (χ0v) is 11.1. The van der Waals surface area contributed by atoms with Crippen LogP contribution in [0.25, 0.3) is 0 Å². The van der Waals surface area contributed by atoms with Crippen LogP contribution >= 0.6 is 22.9 Å². The summed E-state index contributed by atoms with van der Waals surface area (Å²) >= 11 is 7.07. The van der Waals surface area contributed by atoms with E-state index in [0.717, 1.165) is 12.8 Å². The molecule has 0 aliphatic heterocycles. The van der Waals surface area contributed by atoms with Crippen LogP contribution in [0.5, 0.6) is 0 Å². The first kappa shape index (κ1) is 13.5. The van der Waals surface area contributed by atoms with Crippen LogP contribution in [0.2, 0.25) is 4.34 Å². The minimum Gasteiger partial charge on any atom is -0.345 e. The molecule has 0 aliphatic carbocycles. The highest BCUT2D eigenvalue weighted by atomic mass is 35.5. The van der Waals surface area contributed by atoms with Crippen LogP contribution in [0, 0.1) is 0 Å². The van der Waals surface area contributed by atoms with E-state index in [0.29, 0.717) is 15.8 Å². The van der Waals surface area contributed by atoms with E-state index < -0.39 is 0 Å². The fraction of sp³-hybridized carbons (Fsp3) is 0.545. The summed E-state index contributed by atoms with van der Waals surface area (Å²) in [6.07, 6.45) is 1.65. The van der Waals surface area contributed by atoms with E-state index in [9.17, 15) is 4.79 Å². The molecule has 3 nitrogen and oxygen atoms in total. The molecule has 0 saturated heterocycles. The van der Waals surface area contributed by atoms with Gasteiger partial charge in [0.15, 0.2) is 0 Å². The van der Waals surface area contributed by atoms with Crippen LogP contribution in [-0.4, -0.2) is 18.0 Å². The van der Waals surface area contributed by atoms with Gasteiger partial charge in [0.1, 0.15) is 0 Å². The summed E-state index contributed by atoms with van der Waals surface area (Å²) < 4.78 is 0.622. The Morgan fingerprint density at radius 2 is 2.12 bits per heavy atom. The summed E-state index contributed by atoms with van der Waals surface area (Å²) in [6.45, 7) is 4.50. The van der Waals surface area contributed by atoms with Crippen molar-refractivity contribution in [3.8, 4) is 0 Å². The third-order valence-electron chi connectivity index (χ3n) is 2.92. The lowest BCUT2D eigenvalue weighted by atomic mass is 9.93. The topological polar surface area (TPSA) is 55.1 Å². The summed E-state index contributed by atoms with van der Waals surface area (Å²) in [5.41, 5.74) is 5.42. The Morgan fingerprint density at radius 1 is 1.50 bits per heavy atom. The molecule has 1 rings (SSSR count). The summed E-state index contributed by atoms with van der Waals surface area (Å²) in [6, 6.07) is 3.46. The van der Waals surface area contributed by atoms with Crippen molar-refractivity contribution in [3.05, 3.63) is 21.3 Å². The summed E-state index contributed by atoms with van der Waals surface area (Å²) in [5, 5.41) is 3.00. The van der Waals surface area contributed by atoms with Gasteiger partial charge in [-0.15, -0.1) is 11.3 Å². The van der Waals surface area contributed by atoms with Gasteiger partial charge in [-0.05, 0) is 25.0 Å². The average molecular weight is 261 g/mol. The lowest BCUT2D eigenvalue weighted by Gasteiger charge is -2.31. The lowest BCUT2D eigenvalue weighted by Crippen LogP contribution is -2.52. The normalized spacial score (nSPS) is 11.5. The molecule has 1 aromatic rings. The molecule has 1 aromatic heterocycles. The van der Waals surface area contributed by atoms with Gasteiger partial charge in [0.05, 0.1) is 14.8 Å². The molecule has 0 radical (unpaired) electrons. The lowest BCUT2D eigenvalue weighted by molar-refractivity contribution is 0.0899. The number of hydrogen-bond donors (Lipinski definition) is 2. The molecule has 1 amide bonds. The SMILES string of the molecule is CCC(CC)(CN)NC(=O)c1ccc(Cl)s1. The Morgan fingerprint density at radius 3 is 2.50 bits per heavy atom. The summed E-state index contributed by atoms with van der Waals surface area (Å²) in [4.78, 5) is 12.6. The maximum Gasteiger partial charge on any atom is 0.261 e. The predicted octanol–water partition coefficient (Wildman–Crippen LogP) is 2.65. The minimum absolute atomic E-state index is 0.0916. The number of nitrogens with two attached hydrogens (primary N) is 1. The Balaban J connectivity index is 2.76. The first-order valence-electron chi connectivity index (χ1n) is 5.35. The number of carbonyl (C=O) groups is 1. The first-order valence-corrected chi connectivity index (χ1v) is 6.54. The smallest absolute Gasteiger partial charge is 0.261 e. The Labute approximate surface area is 105 Å². The van der Waals surface area contributed by atoms with Crippen molar-refractivity contribution in [1.29, 1.82) is 0 Å². The van der Waals surface area contributed by atoms with Crippen molar-refractivity contribution in [3.63, 3.8) is 0 Å². The third-order valence-corrected chi connectivity index (χ3v) is 4.15. The molecule has 90 valence electrons. The van der Waals surface area contributed by atoms with Crippen molar-refractivity contribution in [2.24, 2.45) is 5.73 Å². The van der Waals surface area contributed by atoms with E-state index in [1.54, 1.807) is 12.1 Å². The number of halogens is 1. The van der Waals surface area contributed by atoms with Gasteiger partial charge in [0.25, 0.3) is 5.91 Å². The number of hydrogen-bond acceptors (Lipinski definition) is 3. The van der Waals surface area contributed by atoms with Crippen LogP contribution in [-0.2, 0) is 0 Å². The summed E-state index contributed by atoms with van der Waals surface area (Å²) in [5.74, 6) is -0.0916. The van der Waals surface area contributed by atoms with E-state index in [-0.39, 0.29) is 11.4 Å². The summed E-state index contributed by atoms with van der Waals surface area (Å²) in [7, 11) is 0. The fourth-order valence-corrected chi connectivity index (χ4v) is 2.44. The molecular weight excluding hydrogens is 244 g/mol. The molecule has 0 bridgehead atoms. The van der Waals surface area contributed by atoms with Gasteiger partial charge < -0.3 is 11.1 Å². The van der Waals surface area contributed by atoms with Gasteiger partial charge in [-0.1, -0.05) is 25.4 Å². The van der Waals surface area contributed by atoms with Gasteiger partial charge in [-0.3, -0.25) is 4.79 Å². The van der Waals surface area contributed by atoms with Gasteiger partial charge in [0, 0.05) is 6.54 Å². The number of nitrogens with one attached hydrogen (secondary N) is 1. The molecule has 1 heterocycles. The highest BCUT2D eigenvalue weighted by molar-refractivity contribution is 7.18. The second-order valence-electron chi connectivity index (χ2n) is 3.75. The molecule has 5 heteroatoms. The molecule has 0 unspecified atom stereocenters. The van der Waals surface area contributed by atoms with Gasteiger partial charge in [0.2, 0.25) is 0 Å². The zero-order chi connectivity index (χ0) is 12.2. The van der Waals surface area contributed by atoms with Crippen LogP contribution in [0.3, 0.4) is 0 Å². The molecule has 0 atom stereocenters. The largest absolute Gasteiger partial charge is 0.345 e. The second-order valence-corrected chi connectivity index (χ2v) is 5.46. The molecule has 3 N–H and O–H groups in total. The van der Waals surface area contributed by atoms with Crippen molar-refractivity contribution in [2.75, 3.05) is 6.54 Å². The van der Waals surface area contributed by atoms with Crippen molar-refractivity contribution >= 4 is 28.8 Å². The first-order chi connectivity index (χ1) is 7.56. The van der Waals surface area contributed by atoms with Crippen LogP contribution in [0.4, 0.5) is 0 Å². The Bertz CT molecular complexity index is 352. The predicted molar refractivity (Wildman–Crippen MR) is 69.2 cm³/mol. The van der Waals surface area contributed by atoms with Crippen molar-refractivity contribution < 1.29 is 4.79 Å². The minimum atomic E-state index is -0.298. The standard InChI is InChI=1S/C11H17ClN2OS/c1-3-11(4-2,7-13)14-10(15)8-5-6-9(12)16-8/h5-6H,3-4,7,13H2,1-2H3,(H,14,15). The molecule has 16 heavy (non-hydrogen) atoms. The van der Waals surface area contributed by atoms with E-state index in [4.69, 9.17) is 17.3 Å². The monoisotopic (exact) mass is 260 g/mol. The van der Waals surface area contributed by atoms with Gasteiger partial charge in [-0.2, -0.15) is 0 Å². The fourth-order valence-electron chi connectivity index (χ4n) is 1.51. The van der Waals surface area contributed by atoms with Crippen LogP contribution in [0.1, 0.15) is 36.4 Å². The quantitative estimate of drug-likeness (QED) is 0.855. The van der Waals surface area contributed by atoms with E-state index in [1.165, 1.54) is 11.3 Å². The van der Waals surface area contributed by atoms with E-state index in [2.05, 4.69) is 5.32 Å². The van der Waals surface area contributed by atoms with Crippen molar-refractivity contribution in [2.45, 2.75) is 32.2 Å². The molecule has 0 saturated carbocycles. The number of carbonyl (C=O) groups excluding carboxylic acids is 1. The second kappa shape index (κ2) is 5.66. The highest BCUT2D eigenvalue weighted by Gasteiger charge is 2.27.